The Balaban J connectivity index is 1.07. The van der Waals surface area contributed by atoms with E-state index < -0.39 is 0 Å². The van der Waals surface area contributed by atoms with Gasteiger partial charge < -0.3 is 25.0 Å². The van der Waals surface area contributed by atoms with Crippen LogP contribution in [0.1, 0.15) is 56.9 Å². The number of nitriles is 1. The summed E-state index contributed by atoms with van der Waals surface area (Å²) in [5.41, 5.74) is 5.30. The monoisotopic (exact) mass is 579 g/mol. The first-order valence-corrected chi connectivity index (χ1v) is 14.9. The standard InChI is InChI=1S/C33H37N7O3/c1-37(2)31(42)26-8-4-24(5-9-26)22-39-16-17-40-28(12-13-29(40)33(39)14-3-15-33)30(41)35-19-23-6-10-27(11-7-23)36-32(43)38-20-25(18-34)21-38/h4-13,25H,3,14-17,19-22H2,1-2H3,(H,35,41)(H,36,43). The quantitative estimate of drug-likeness (QED) is 0.439. The summed E-state index contributed by atoms with van der Waals surface area (Å²) in [6.45, 7) is 3.70. The summed E-state index contributed by atoms with van der Waals surface area (Å²) < 4.78 is 2.19. The maximum absolute atomic E-state index is 13.3. The molecule has 0 bridgehead atoms. The summed E-state index contributed by atoms with van der Waals surface area (Å²) in [5.74, 6) is -0.174. The summed E-state index contributed by atoms with van der Waals surface area (Å²) >= 11 is 0. The van der Waals surface area contributed by atoms with Gasteiger partial charge in [0.25, 0.3) is 11.8 Å². The fraction of sp³-hybridized carbons (Fsp3) is 0.394. The smallest absolute Gasteiger partial charge is 0.321 e. The van der Waals surface area contributed by atoms with E-state index in [0.29, 0.717) is 36.6 Å². The van der Waals surface area contributed by atoms with Crippen LogP contribution in [-0.4, -0.2) is 70.8 Å². The topological polar surface area (TPSA) is 114 Å². The van der Waals surface area contributed by atoms with Crippen LogP contribution in [0.3, 0.4) is 0 Å². The zero-order valence-corrected chi connectivity index (χ0v) is 24.7. The number of hydrogen-bond donors (Lipinski definition) is 2. The average molecular weight is 580 g/mol. The molecular formula is C33H37N7O3. The molecule has 3 aliphatic rings. The molecular weight excluding hydrogens is 542 g/mol. The summed E-state index contributed by atoms with van der Waals surface area (Å²) in [6.07, 6.45) is 3.29. The number of fused-ring (bicyclic) bond motifs is 2. The van der Waals surface area contributed by atoms with Crippen LogP contribution in [0.2, 0.25) is 0 Å². The minimum absolute atomic E-state index is 0.00278. The zero-order valence-electron chi connectivity index (χ0n) is 24.7. The van der Waals surface area contributed by atoms with E-state index in [4.69, 9.17) is 5.26 Å². The van der Waals surface area contributed by atoms with Gasteiger partial charge in [-0.3, -0.25) is 14.5 Å². The highest BCUT2D eigenvalue weighted by Crippen LogP contribution is 2.49. The van der Waals surface area contributed by atoms with E-state index in [0.717, 1.165) is 44.5 Å². The zero-order chi connectivity index (χ0) is 30.1. The maximum Gasteiger partial charge on any atom is 0.321 e. The first kappa shape index (κ1) is 28.5. The van der Waals surface area contributed by atoms with Crippen molar-refractivity contribution in [3.8, 4) is 6.07 Å². The van der Waals surface area contributed by atoms with Crippen molar-refractivity contribution in [3.63, 3.8) is 0 Å². The van der Waals surface area contributed by atoms with E-state index in [9.17, 15) is 14.4 Å². The molecule has 1 saturated heterocycles. The molecule has 1 spiro atoms. The molecule has 10 heteroatoms. The van der Waals surface area contributed by atoms with Crippen molar-refractivity contribution in [2.24, 2.45) is 5.92 Å². The SMILES string of the molecule is CN(C)C(=O)c1ccc(CN2CCn3c(C(=O)NCc4ccc(NC(=O)N5CC(C#N)C5)cc4)ccc3C23CCC3)cc1. The molecule has 1 aliphatic carbocycles. The van der Waals surface area contributed by atoms with Gasteiger partial charge in [-0.2, -0.15) is 5.26 Å². The van der Waals surface area contributed by atoms with Gasteiger partial charge in [0.15, 0.2) is 0 Å². The van der Waals surface area contributed by atoms with Crippen LogP contribution in [0.4, 0.5) is 10.5 Å². The molecule has 2 aliphatic heterocycles. The van der Waals surface area contributed by atoms with Gasteiger partial charge >= 0.3 is 6.03 Å². The van der Waals surface area contributed by atoms with Crippen molar-refractivity contribution < 1.29 is 14.4 Å². The predicted molar refractivity (Wildman–Crippen MR) is 162 cm³/mol. The number of amides is 4. The minimum Gasteiger partial charge on any atom is -0.347 e. The number of nitrogens with zero attached hydrogens (tertiary/aromatic N) is 5. The lowest BCUT2D eigenvalue weighted by atomic mass is 9.71. The summed E-state index contributed by atoms with van der Waals surface area (Å²) in [6, 6.07) is 21.4. The van der Waals surface area contributed by atoms with Crippen molar-refractivity contribution >= 4 is 23.5 Å². The molecule has 2 aromatic carbocycles. The Labute approximate surface area is 251 Å². The summed E-state index contributed by atoms with van der Waals surface area (Å²) in [4.78, 5) is 43.6. The summed E-state index contributed by atoms with van der Waals surface area (Å²) in [5, 5.41) is 14.8. The Kier molecular flexibility index (Phi) is 7.67. The number of rotatable bonds is 7. The second-order valence-electron chi connectivity index (χ2n) is 12.0. The van der Waals surface area contributed by atoms with Gasteiger partial charge in [0.1, 0.15) is 5.69 Å². The molecule has 10 nitrogen and oxygen atoms in total. The van der Waals surface area contributed by atoms with E-state index in [2.05, 4.69) is 32.2 Å². The van der Waals surface area contributed by atoms with Gasteiger partial charge in [0.2, 0.25) is 0 Å². The fourth-order valence-corrected chi connectivity index (χ4v) is 6.36. The molecule has 43 heavy (non-hydrogen) atoms. The predicted octanol–water partition coefficient (Wildman–Crippen LogP) is 4.00. The Morgan fingerprint density at radius 3 is 2.28 bits per heavy atom. The molecule has 1 saturated carbocycles. The first-order valence-electron chi connectivity index (χ1n) is 14.9. The van der Waals surface area contributed by atoms with Crippen LogP contribution in [0.25, 0.3) is 0 Å². The third-order valence-corrected chi connectivity index (χ3v) is 9.06. The second kappa shape index (κ2) is 11.6. The lowest BCUT2D eigenvalue weighted by Gasteiger charge is -2.53. The van der Waals surface area contributed by atoms with Crippen molar-refractivity contribution in [2.75, 3.05) is 39.0 Å². The van der Waals surface area contributed by atoms with E-state index >= 15 is 0 Å². The van der Waals surface area contributed by atoms with Crippen LogP contribution in [0, 0.1) is 17.2 Å². The van der Waals surface area contributed by atoms with Crippen LogP contribution < -0.4 is 10.6 Å². The largest absolute Gasteiger partial charge is 0.347 e. The number of anilines is 1. The van der Waals surface area contributed by atoms with Gasteiger partial charge in [-0.25, -0.2) is 4.79 Å². The molecule has 1 aromatic heterocycles. The molecule has 222 valence electrons. The van der Waals surface area contributed by atoms with Crippen LogP contribution in [-0.2, 0) is 25.2 Å². The highest BCUT2D eigenvalue weighted by Gasteiger charge is 2.48. The minimum atomic E-state index is -0.206. The Morgan fingerprint density at radius 2 is 1.65 bits per heavy atom. The number of urea groups is 1. The molecule has 3 aromatic rings. The molecule has 4 amide bonds. The van der Waals surface area contributed by atoms with E-state index in [1.165, 1.54) is 11.3 Å². The van der Waals surface area contributed by atoms with E-state index in [1.54, 1.807) is 23.9 Å². The number of aromatic nitrogens is 1. The molecule has 6 rings (SSSR count). The number of benzene rings is 2. The van der Waals surface area contributed by atoms with Crippen molar-refractivity contribution in [2.45, 2.75) is 44.4 Å². The molecule has 0 atom stereocenters. The van der Waals surface area contributed by atoms with Crippen LogP contribution >= 0.6 is 0 Å². The molecule has 2 fully saturated rings. The highest BCUT2D eigenvalue weighted by atomic mass is 16.2. The average Bonchev–Trinajstić information content (AvgIpc) is 3.40. The second-order valence-corrected chi connectivity index (χ2v) is 12.0. The molecule has 3 heterocycles. The van der Waals surface area contributed by atoms with Gasteiger partial charge in [-0.1, -0.05) is 24.3 Å². The maximum atomic E-state index is 13.3. The molecule has 0 radical (unpaired) electrons. The van der Waals surface area contributed by atoms with Gasteiger partial charge in [-0.05, 0) is 66.8 Å². The fourth-order valence-electron chi connectivity index (χ4n) is 6.36. The third-order valence-electron chi connectivity index (χ3n) is 9.06. The number of likely N-dealkylation sites (tertiary alicyclic amines) is 1. The highest BCUT2D eigenvalue weighted by molar-refractivity contribution is 5.94. The lowest BCUT2D eigenvalue weighted by molar-refractivity contribution is -0.0217. The lowest BCUT2D eigenvalue weighted by Crippen LogP contribution is -2.56. The molecule has 0 unspecified atom stereocenters. The number of carbonyl (C=O) groups excluding carboxylic acids is 3. The number of carbonyl (C=O) groups is 3. The van der Waals surface area contributed by atoms with Crippen molar-refractivity contribution in [1.82, 2.24) is 24.6 Å². The van der Waals surface area contributed by atoms with Crippen LogP contribution in [0.15, 0.2) is 60.7 Å². The number of hydrogen-bond acceptors (Lipinski definition) is 5. The normalized spacial score (nSPS) is 17.3. The Hall–Kier alpha value is -4.62. The first-order chi connectivity index (χ1) is 20.8. The Morgan fingerprint density at radius 1 is 0.953 bits per heavy atom. The van der Waals surface area contributed by atoms with E-state index in [-0.39, 0.29) is 29.3 Å². The van der Waals surface area contributed by atoms with Crippen molar-refractivity contribution in [3.05, 3.63) is 88.7 Å². The van der Waals surface area contributed by atoms with Gasteiger partial charge in [0.05, 0.1) is 17.5 Å². The van der Waals surface area contributed by atoms with Gasteiger partial charge in [-0.15, -0.1) is 0 Å². The van der Waals surface area contributed by atoms with Crippen LogP contribution in [0.5, 0.6) is 0 Å². The summed E-state index contributed by atoms with van der Waals surface area (Å²) in [7, 11) is 3.52. The molecule has 2 N–H and O–H groups in total. The van der Waals surface area contributed by atoms with Crippen molar-refractivity contribution in [1.29, 1.82) is 5.26 Å². The van der Waals surface area contributed by atoms with E-state index in [1.807, 2.05) is 54.6 Å². The van der Waals surface area contributed by atoms with Gasteiger partial charge in [0, 0.05) is 70.3 Å². The third kappa shape index (κ3) is 5.48. The number of nitrogens with one attached hydrogen (secondary N) is 2. The Bertz CT molecular complexity index is 1560.